The van der Waals surface area contributed by atoms with E-state index in [9.17, 15) is 19.2 Å². The van der Waals surface area contributed by atoms with Crippen molar-refractivity contribution in [1.82, 2.24) is 15.5 Å². The summed E-state index contributed by atoms with van der Waals surface area (Å²) in [7, 11) is 0. The Bertz CT molecular complexity index is 1040. The third-order valence-corrected chi connectivity index (χ3v) is 6.79. The van der Waals surface area contributed by atoms with Gasteiger partial charge < -0.3 is 10.6 Å². The smallest absolute Gasteiger partial charge is 0.293 e. The molecule has 2 N–H and O–H groups in total. The molecule has 2 heterocycles. The van der Waals surface area contributed by atoms with E-state index in [0.717, 1.165) is 16.7 Å². The van der Waals surface area contributed by atoms with E-state index in [4.69, 9.17) is 23.2 Å². The van der Waals surface area contributed by atoms with Crippen LogP contribution in [0.4, 0.5) is 4.79 Å². The van der Waals surface area contributed by atoms with Gasteiger partial charge in [-0.3, -0.25) is 24.1 Å². The number of imide groups is 1. The molecule has 0 bridgehead atoms. The lowest BCUT2D eigenvalue weighted by atomic mass is 10.2. The summed E-state index contributed by atoms with van der Waals surface area (Å²) in [4.78, 5) is 50.3. The second-order valence-electron chi connectivity index (χ2n) is 6.31. The van der Waals surface area contributed by atoms with Gasteiger partial charge in [-0.25, -0.2) is 0 Å². The van der Waals surface area contributed by atoms with E-state index in [-0.39, 0.29) is 42.8 Å². The zero-order valence-corrected chi connectivity index (χ0v) is 19.2. The van der Waals surface area contributed by atoms with Gasteiger partial charge >= 0.3 is 0 Å². The molecule has 11 heteroatoms. The molecule has 0 spiro atoms. The number of nitrogens with zero attached hydrogens (tertiary/aromatic N) is 1. The van der Waals surface area contributed by atoms with E-state index < -0.39 is 11.1 Å². The number of amides is 4. The lowest BCUT2D eigenvalue weighted by molar-refractivity contribution is -0.124. The predicted molar refractivity (Wildman–Crippen MR) is 123 cm³/mol. The number of benzene rings is 1. The number of hydrogen-bond donors (Lipinski definition) is 2. The molecule has 2 aromatic rings. The molecule has 1 saturated heterocycles. The Balaban J connectivity index is 1.45. The minimum atomic E-state index is -0.455. The van der Waals surface area contributed by atoms with Crippen LogP contribution in [0.1, 0.15) is 21.7 Å². The molecule has 0 unspecified atom stereocenters. The molecule has 0 aliphatic carbocycles. The van der Waals surface area contributed by atoms with Crippen molar-refractivity contribution in [1.29, 1.82) is 0 Å². The van der Waals surface area contributed by atoms with Crippen LogP contribution >= 0.6 is 46.3 Å². The van der Waals surface area contributed by atoms with E-state index in [0.29, 0.717) is 20.5 Å². The zero-order chi connectivity index (χ0) is 22.4. The molecule has 1 aromatic heterocycles. The molecule has 0 atom stereocenters. The van der Waals surface area contributed by atoms with Crippen LogP contribution in [0.3, 0.4) is 0 Å². The van der Waals surface area contributed by atoms with Gasteiger partial charge in [-0.2, -0.15) is 0 Å². The molecule has 3 rings (SSSR count). The molecule has 1 aromatic carbocycles. The van der Waals surface area contributed by atoms with E-state index in [1.807, 2.05) is 0 Å². The molecular weight excluding hydrogens is 481 g/mol. The van der Waals surface area contributed by atoms with Crippen LogP contribution in [-0.4, -0.2) is 47.5 Å². The van der Waals surface area contributed by atoms with Crippen LogP contribution in [0.15, 0.2) is 40.6 Å². The van der Waals surface area contributed by atoms with Gasteiger partial charge in [0.05, 0.1) is 19.8 Å². The van der Waals surface area contributed by atoms with Gasteiger partial charge in [0.2, 0.25) is 5.91 Å². The van der Waals surface area contributed by atoms with E-state index in [1.54, 1.807) is 35.7 Å². The Kier molecular flexibility index (Phi) is 8.14. The van der Waals surface area contributed by atoms with Gasteiger partial charge in [-0.05, 0) is 40.9 Å². The molecule has 31 heavy (non-hydrogen) atoms. The minimum Gasteiger partial charge on any atom is -0.354 e. The molecular formula is C20H17Cl2N3O4S2. The third kappa shape index (κ3) is 6.10. The quantitative estimate of drug-likeness (QED) is 0.536. The first kappa shape index (κ1) is 23.3. The number of carbonyl (C=O) groups excluding carboxylic acids is 4. The number of thioether (sulfide) groups is 1. The van der Waals surface area contributed by atoms with Gasteiger partial charge in [0.25, 0.3) is 17.1 Å². The van der Waals surface area contributed by atoms with Crippen molar-refractivity contribution in [2.24, 2.45) is 0 Å². The maximum atomic E-state index is 12.5. The van der Waals surface area contributed by atoms with Crippen LogP contribution in [0.25, 0.3) is 6.08 Å². The van der Waals surface area contributed by atoms with Crippen LogP contribution in [-0.2, 0) is 9.59 Å². The summed E-state index contributed by atoms with van der Waals surface area (Å²) in [6, 6.07) is 8.49. The summed E-state index contributed by atoms with van der Waals surface area (Å²) in [5.41, 5.74) is 0.539. The van der Waals surface area contributed by atoms with Gasteiger partial charge in [-0.15, -0.1) is 11.3 Å². The molecule has 7 nitrogen and oxygen atoms in total. The average molecular weight is 498 g/mol. The number of hydrogen-bond acceptors (Lipinski definition) is 6. The Hall–Kier alpha value is -2.33. The second-order valence-corrected chi connectivity index (χ2v) is 9.04. The summed E-state index contributed by atoms with van der Waals surface area (Å²) >= 11 is 14.2. The molecule has 1 fully saturated rings. The Morgan fingerprint density at radius 2 is 1.87 bits per heavy atom. The zero-order valence-electron chi connectivity index (χ0n) is 16.0. The SMILES string of the molecule is O=C(CCNC(=O)c1cccs1)NCCN1C(=O)S/C(=C\c2cccc(Cl)c2Cl)C1=O. The first-order chi connectivity index (χ1) is 14.9. The molecule has 162 valence electrons. The molecule has 0 radical (unpaired) electrons. The maximum Gasteiger partial charge on any atom is 0.293 e. The van der Waals surface area contributed by atoms with Gasteiger partial charge in [0.1, 0.15) is 0 Å². The van der Waals surface area contributed by atoms with Crippen LogP contribution in [0.2, 0.25) is 10.0 Å². The lowest BCUT2D eigenvalue weighted by Gasteiger charge is -2.13. The van der Waals surface area contributed by atoms with Gasteiger partial charge in [-0.1, -0.05) is 41.4 Å². The topological polar surface area (TPSA) is 95.6 Å². The monoisotopic (exact) mass is 497 g/mol. The molecule has 1 aliphatic rings. The van der Waals surface area contributed by atoms with Gasteiger partial charge in [0.15, 0.2) is 0 Å². The van der Waals surface area contributed by atoms with Crippen LogP contribution < -0.4 is 10.6 Å². The van der Waals surface area contributed by atoms with Crippen molar-refractivity contribution in [3.05, 3.63) is 61.1 Å². The standard InChI is InChI=1S/C20H17Cl2N3O4S2/c21-13-4-1-3-12(17(13)22)11-15-19(28)25(20(29)31-15)9-8-23-16(26)6-7-24-18(27)14-5-2-10-30-14/h1-5,10-11H,6-9H2,(H,23,26)(H,24,27)/b15-11-. The van der Waals surface area contributed by atoms with E-state index in [2.05, 4.69) is 10.6 Å². The molecule has 4 amide bonds. The van der Waals surface area contributed by atoms with E-state index >= 15 is 0 Å². The summed E-state index contributed by atoms with van der Waals surface area (Å²) < 4.78 is 0. The fourth-order valence-corrected chi connectivity index (χ4v) is 4.50. The van der Waals surface area contributed by atoms with Crippen molar-refractivity contribution in [2.45, 2.75) is 6.42 Å². The van der Waals surface area contributed by atoms with Crippen molar-refractivity contribution in [2.75, 3.05) is 19.6 Å². The number of thiophene rings is 1. The maximum absolute atomic E-state index is 12.5. The second kappa shape index (κ2) is 10.8. The highest BCUT2D eigenvalue weighted by Crippen LogP contribution is 2.34. The summed E-state index contributed by atoms with van der Waals surface area (Å²) in [5.74, 6) is -0.976. The van der Waals surface area contributed by atoms with Crippen molar-refractivity contribution in [3.8, 4) is 0 Å². The predicted octanol–water partition coefficient (Wildman–Crippen LogP) is 4.03. The number of rotatable bonds is 8. The fourth-order valence-electron chi connectivity index (χ4n) is 2.65. The summed E-state index contributed by atoms with van der Waals surface area (Å²) in [5, 5.41) is 7.32. The van der Waals surface area contributed by atoms with Gasteiger partial charge in [0, 0.05) is 26.1 Å². The van der Waals surface area contributed by atoms with Crippen LogP contribution in [0.5, 0.6) is 0 Å². The highest BCUT2D eigenvalue weighted by atomic mass is 35.5. The number of nitrogens with one attached hydrogen (secondary N) is 2. The lowest BCUT2D eigenvalue weighted by Crippen LogP contribution is -2.38. The third-order valence-electron chi connectivity index (χ3n) is 4.18. The first-order valence-corrected chi connectivity index (χ1v) is 11.6. The Morgan fingerprint density at radius 3 is 2.61 bits per heavy atom. The number of halogens is 2. The highest BCUT2D eigenvalue weighted by molar-refractivity contribution is 8.18. The Morgan fingerprint density at radius 1 is 1.06 bits per heavy atom. The average Bonchev–Trinajstić information content (AvgIpc) is 3.36. The van der Waals surface area contributed by atoms with Crippen molar-refractivity contribution >= 4 is 75.3 Å². The molecule has 1 aliphatic heterocycles. The summed E-state index contributed by atoms with van der Waals surface area (Å²) in [6.45, 7) is 0.340. The van der Waals surface area contributed by atoms with Crippen molar-refractivity contribution < 1.29 is 19.2 Å². The van der Waals surface area contributed by atoms with Crippen LogP contribution in [0, 0.1) is 0 Å². The minimum absolute atomic E-state index is 0.0403. The van der Waals surface area contributed by atoms with Crippen molar-refractivity contribution in [3.63, 3.8) is 0 Å². The highest BCUT2D eigenvalue weighted by Gasteiger charge is 2.34. The first-order valence-electron chi connectivity index (χ1n) is 9.14. The normalized spacial score (nSPS) is 14.9. The summed E-state index contributed by atoms with van der Waals surface area (Å²) in [6.07, 6.45) is 1.61. The largest absolute Gasteiger partial charge is 0.354 e. The Labute approximate surface area is 196 Å². The molecule has 0 saturated carbocycles. The fraction of sp³-hybridized carbons (Fsp3) is 0.200. The van der Waals surface area contributed by atoms with E-state index in [1.165, 1.54) is 17.4 Å². The number of carbonyl (C=O) groups is 4.